The van der Waals surface area contributed by atoms with E-state index in [1.165, 1.54) is 0 Å². The fraction of sp³-hybridized carbons (Fsp3) is 0.208. The van der Waals surface area contributed by atoms with Gasteiger partial charge >= 0.3 is 0 Å². The molecule has 5 nitrogen and oxygen atoms in total. The molecule has 152 valence electrons. The van der Waals surface area contributed by atoms with Crippen LogP contribution in [0, 0.1) is 6.92 Å². The van der Waals surface area contributed by atoms with Crippen LogP contribution in [0.5, 0.6) is 5.88 Å². The van der Waals surface area contributed by atoms with Crippen LogP contribution in [0.4, 0.5) is 5.69 Å². The third kappa shape index (κ3) is 4.21. The monoisotopic (exact) mass is 420 g/mol. The highest BCUT2D eigenvalue weighted by molar-refractivity contribution is 6.31. The summed E-state index contributed by atoms with van der Waals surface area (Å²) in [4.78, 5) is 30.8. The molecule has 0 bridgehead atoms. The molecule has 0 aliphatic carbocycles. The Balaban J connectivity index is 1.51. The Kier molecular flexibility index (Phi) is 5.81. The molecule has 0 radical (unpaired) electrons. The van der Waals surface area contributed by atoms with Crippen molar-refractivity contribution < 1.29 is 14.3 Å². The third-order valence-electron chi connectivity index (χ3n) is 5.22. The molecule has 30 heavy (non-hydrogen) atoms. The number of benzene rings is 2. The molecule has 3 aromatic rings. The average molecular weight is 421 g/mol. The van der Waals surface area contributed by atoms with E-state index in [-0.39, 0.29) is 11.9 Å². The second kappa shape index (κ2) is 8.67. The summed E-state index contributed by atoms with van der Waals surface area (Å²) in [7, 11) is 0. The van der Waals surface area contributed by atoms with E-state index in [0.29, 0.717) is 34.1 Å². The Morgan fingerprint density at radius 1 is 1.17 bits per heavy atom. The molecular formula is C24H21ClN2O3. The summed E-state index contributed by atoms with van der Waals surface area (Å²) < 4.78 is 5.93. The van der Waals surface area contributed by atoms with Gasteiger partial charge in [0.15, 0.2) is 12.1 Å². The predicted molar refractivity (Wildman–Crippen MR) is 117 cm³/mol. The molecule has 1 aliphatic rings. The van der Waals surface area contributed by atoms with Crippen molar-refractivity contribution in [2.75, 3.05) is 18.0 Å². The van der Waals surface area contributed by atoms with Crippen LogP contribution in [0.15, 0.2) is 60.8 Å². The van der Waals surface area contributed by atoms with Gasteiger partial charge in [-0.3, -0.25) is 9.59 Å². The minimum Gasteiger partial charge on any atom is -0.471 e. The predicted octanol–water partition coefficient (Wildman–Crippen LogP) is 4.74. The van der Waals surface area contributed by atoms with Gasteiger partial charge in [-0.05, 0) is 37.3 Å². The van der Waals surface area contributed by atoms with Gasteiger partial charge in [0.05, 0.1) is 6.54 Å². The van der Waals surface area contributed by atoms with Gasteiger partial charge in [-0.15, -0.1) is 0 Å². The zero-order chi connectivity index (χ0) is 21.1. The van der Waals surface area contributed by atoms with E-state index in [2.05, 4.69) is 9.88 Å². The normalized spacial score (nSPS) is 15.8. The van der Waals surface area contributed by atoms with E-state index in [4.69, 9.17) is 16.3 Å². The number of carbonyl (C=O) groups excluding carboxylic acids is 2. The Bertz CT molecular complexity index is 1080. The Morgan fingerprint density at radius 2 is 1.93 bits per heavy atom. The highest BCUT2D eigenvalue weighted by atomic mass is 35.5. The van der Waals surface area contributed by atoms with Gasteiger partial charge < -0.3 is 9.64 Å². The molecule has 1 aromatic heterocycles. The molecule has 2 heterocycles. The maximum Gasteiger partial charge on any atom is 0.232 e. The lowest BCUT2D eigenvalue weighted by atomic mass is 9.99. The van der Waals surface area contributed by atoms with Crippen LogP contribution in [-0.2, 0) is 0 Å². The first-order chi connectivity index (χ1) is 14.5. The van der Waals surface area contributed by atoms with E-state index in [9.17, 15) is 9.59 Å². The number of ether oxygens (including phenoxy) is 1. The Hall–Kier alpha value is -3.18. The number of hydrogen-bond acceptors (Lipinski definition) is 5. The highest BCUT2D eigenvalue weighted by Crippen LogP contribution is 2.29. The standard InChI is InChI=1S/C24H21ClN2O3/c1-16-4-6-17(7-5-16)23(29)18-8-9-22(19(13-18)15-28)27-12-10-20(14-27)30-24-21(25)3-2-11-26-24/h2-9,11,13,15,20H,10,12,14H2,1H3/t20-/m0/s1. The summed E-state index contributed by atoms with van der Waals surface area (Å²) >= 11 is 6.13. The zero-order valence-corrected chi connectivity index (χ0v) is 17.3. The fourth-order valence-corrected chi connectivity index (χ4v) is 3.77. The number of halogens is 1. The summed E-state index contributed by atoms with van der Waals surface area (Å²) in [6.45, 7) is 3.32. The number of hydrogen-bond donors (Lipinski definition) is 0. The molecule has 2 aromatic carbocycles. The van der Waals surface area contributed by atoms with Crippen LogP contribution in [0.3, 0.4) is 0 Å². The van der Waals surface area contributed by atoms with Crippen molar-refractivity contribution in [2.45, 2.75) is 19.4 Å². The van der Waals surface area contributed by atoms with Crippen LogP contribution in [0.25, 0.3) is 0 Å². The SMILES string of the molecule is Cc1ccc(C(=O)c2ccc(N3CC[C@H](Oc4ncccc4Cl)C3)c(C=O)c2)cc1. The van der Waals surface area contributed by atoms with Gasteiger partial charge in [0.2, 0.25) is 5.88 Å². The van der Waals surface area contributed by atoms with E-state index in [0.717, 1.165) is 30.5 Å². The summed E-state index contributed by atoms with van der Waals surface area (Å²) in [6.07, 6.45) is 3.15. The van der Waals surface area contributed by atoms with Crippen LogP contribution in [-0.4, -0.2) is 36.2 Å². The van der Waals surface area contributed by atoms with Crippen molar-refractivity contribution in [3.63, 3.8) is 0 Å². The first-order valence-electron chi connectivity index (χ1n) is 9.78. The van der Waals surface area contributed by atoms with Gasteiger partial charge in [0.25, 0.3) is 0 Å². The molecular weight excluding hydrogens is 400 g/mol. The maximum absolute atomic E-state index is 12.8. The molecule has 1 aliphatic heterocycles. The largest absolute Gasteiger partial charge is 0.471 e. The van der Waals surface area contributed by atoms with Crippen molar-refractivity contribution in [1.29, 1.82) is 0 Å². The van der Waals surface area contributed by atoms with Gasteiger partial charge in [-0.1, -0.05) is 41.4 Å². The molecule has 6 heteroatoms. The Labute approximate surface area is 180 Å². The van der Waals surface area contributed by atoms with Gasteiger partial charge in [0, 0.05) is 41.5 Å². The van der Waals surface area contributed by atoms with E-state index >= 15 is 0 Å². The fourth-order valence-electron chi connectivity index (χ4n) is 3.61. The molecule has 1 fully saturated rings. The van der Waals surface area contributed by atoms with Gasteiger partial charge in [-0.25, -0.2) is 4.98 Å². The number of nitrogens with zero attached hydrogens (tertiary/aromatic N) is 2. The maximum atomic E-state index is 12.8. The van der Waals surface area contributed by atoms with Gasteiger partial charge in [0.1, 0.15) is 11.1 Å². The minimum absolute atomic E-state index is 0.0780. The van der Waals surface area contributed by atoms with Crippen molar-refractivity contribution in [1.82, 2.24) is 4.98 Å². The van der Waals surface area contributed by atoms with Crippen LogP contribution in [0.2, 0.25) is 5.02 Å². The summed E-state index contributed by atoms with van der Waals surface area (Å²) in [5.74, 6) is 0.317. The Morgan fingerprint density at radius 3 is 2.67 bits per heavy atom. The number of anilines is 1. The van der Waals surface area contributed by atoms with Crippen molar-refractivity contribution in [2.24, 2.45) is 0 Å². The lowest BCUT2D eigenvalue weighted by molar-refractivity contribution is 0.103. The van der Waals surface area contributed by atoms with Gasteiger partial charge in [-0.2, -0.15) is 0 Å². The summed E-state index contributed by atoms with van der Waals surface area (Å²) in [6, 6.07) is 16.2. The smallest absolute Gasteiger partial charge is 0.232 e. The molecule has 0 spiro atoms. The topological polar surface area (TPSA) is 59.5 Å². The van der Waals surface area contributed by atoms with Crippen molar-refractivity contribution in [3.05, 3.63) is 88.1 Å². The third-order valence-corrected chi connectivity index (χ3v) is 5.51. The number of aldehydes is 1. The van der Waals surface area contributed by atoms with E-state index < -0.39 is 0 Å². The molecule has 1 saturated heterocycles. The molecule has 1 atom stereocenters. The van der Waals surface area contributed by atoms with Crippen LogP contribution in [0.1, 0.15) is 38.3 Å². The van der Waals surface area contributed by atoms with Crippen LogP contribution < -0.4 is 9.64 Å². The molecule has 0 unspecified atom stereocenters. The number of pyridine rings is 1. The summed E-state index contributed by atoms with van der Waals surface area (Å²) in [5, 5.41) is 0.475. The second-order valence-corrected chi connectivity index (χ2v) is 7.76. The number of rotatable bonds is 6. The molecule has 0 saturated carbocycles. The number of aromatic nitrogens is 1. The first kappa shape index (κ1) is 20.1. The molecule has 0 amide bonds. The highest BCUT2D eigenvalue weighted by Gasteiger charge is 2.27. The summed E-state index contributed by atoms with van der Waals surface area (Å²) in [5.41, 5.74) is 3.48. The van der Waals surface area contributed by atoms with Crippen molar-refractivity contribution in [3.8, 4) is 5.88 Å². The number of ketones is 1. The quantitative estimate of drug-likeness (QED) is 0.425. The van der Waals surface area contributed by atoms with Crippen LogP contribution >= 0.6 is 11.6 Å². The number of aryl methyl sites for hydroxylation is 1. The van der Waals surface area contributed by atoms with E-state index in [1.807, 2.05) is 25.1 Å². The van der Waals surface area contributed by atoms with E-state index in [1.54, 1.807) is 42.6 Å². The average Bonchev–Trinajstić information content (AvgIpc) is 3.23. The first-order valence-corrected chi connectivity index (χ1v) is 10.2. The molecule has 0 N–H and O–H groups in total. The molecule has 4 rings (SSSR count). The second-order valence-electron chi connectivity index (χ2n) is 7.35. The van der Waals surface area contributed by atoms with Crippen molar-refractivity contribution >= 4 is 29.4 Å². The minimum atomic E-state index is -0.0999. The lowest BCUT2D eigenvalue weighted by Gasteiger charge is -2.21. The number of carbonyl (C=O) groups is 2. The lowest BCUT2D eigenvalue weighted by Crippen LogP contribution is -2.25. The zero-order valence-electron chi connectivity index (χ0n) is 16.5.